The molecule has 27 heavy (non-hydrogen) atoms. The van der Waals surface area contributed by atoms with Crippen LogP contribution in [-0.4, -0.2) is 43.6 Å². The number of nitrogens with zero attached hydrogens (tertiary/aromatic N) is 5. The minimum absolute atomic E-state index is 0.0406. The van der Waals surface area contributed by atoms with Crippen molar-refractivity contribution in [3.05, 3.63) is 60.5 Å². The Hall–Kier alpha value is -3.23. The van der Waals surface area contributed by atoms with Gasteiger partial charge in [0.25, 0.3) is 5.89 Å². The molecule has 3 aromatic rings. The molecule has 9 heteroatoms. The number of carbonyl (C=O) groups excluding carboxylic acids is 1. The van der Waals surface area contributed by atoms with Gasteiger partial charge in [-0.25, -0.2) is 9.37 Å². The van der Waals surface area contributed by atoms with Crippen molar-refractivity contribution in [2.75, 3.05) is 13.1 Å². The van der Waals surface area contributed by atoms with Gasteiger partial charge in [0.05, 0.1) is 6.33 Å². The summed E-state index contributed by atoms with van der Waals surface area (Å²) in [5.41, 5.74) is 0. The van der Waals surface area contributed by atoms with Gasteiger partial charge in [-0.2, -0.15) is 4.98 Å². The van der Waals surface area contributed by atoms with Crippen LogP contribution in [0.25, 0.3) is 0 Å². The van der Waals surface area contributed by atoms with Crippen molar-refractivity contribution in [2.45, 2.75) is 25.5 Å². The van der Waals surface area contributed by atoms with Gasteiger partial charge >= 0.3 is 0 Å². The number of imidazole rings is 1. The van der Waals surface area contributed by atoms with Crippen LogP contribution in [0.5, 0.6) is 5.75 Å². The van der Waals surface area contributed by atoms with E-state index in [1.807, 2.05) is 0 Å². The van der Waals surface area contributed by atoms with Crippen LogP contribution in [0.15, 0.2) is 47.5 Å². The van der Waals surface area contributed by atoms with Gasteiger partial charge < -0.3 is 18.7 Å². The summed E-state index contributed by atoms with van der Waals surface area (Å²) in [6.45, 7) is 1.60. The van der Waals surface area contributed by atoms with Gasteiger partial charge in [-0.3, -0.25) is 4.79 Å². The summed E-state index contributed by atoms with van der Waals surface area (Å²) >= 11 is 0. The molecule has 0 aliphatic carbocycles. The third-order valence-electron chi connectivity index (χ3n) is 4.44. The molecular formula is C18H18FN5O3. The lowest BCUT2D eigenvalue weighted by atomic mass is 10.1. The summed E-state index contributed by atoms with van der Waals surface area (Å²) in [5.74, 6) is 1.20. The molecule has 0 bridgehead atoms. The monoisotopic (exact) mass is 371 g/mol. The molecule has 8 nitrogen and oxygen atoms in total. The lowest BCUT2D eigenvalue weighted by molar-refractivity contribution is -0.130. The number of hydrogen-bond acceptors (Lipinski definition) is 6. The Morgan fingerprint density at radius 3 is 2.96 bits per heavy atom. The van der Waals surface area contributed by atoms with E-state index in [0.717, 1.165) is 6.42 Å². The fourth-order valence-electron chi connectivity index (χ4n) is 3.00. The number of likely N-dealkylation sites (tertiary alicyclic amines) is 1. The van der Waals surface area contributed by atoms with E-state index in [4.69, 9.17) is 9.26 Å². The van der Waals surface area contributed by atoms with Crippen molar-refractivity contribution < 1.29 is 18.4 Å². The van der Waals surface area contributed by atoms with Crippen LogP contribution >= 0.6 is 0 Å². The summed E-state index contributed by atoms with van der Waals surface area (Å²) in [6.07, 6.45) is 5.82. The number of carbonyl (C=O) groups is 1. The first-order valence-electron chi connectivity index (χ1n) is 8.62. The smallest absolute Gasteiger partial charge is 0.264 e. The Bertz CT molecular complexity index is 894. The topological polar surface area (TPSA) is 86.3 Å². The minimum Gasteiger partial charge on any atom is -0.484 e. The maximum Gasteiger partial charge on any atom is 0.264 e. The maximum atomic E-state index is 12.9. The number of aromatic nitrogens is 4. The van der Waals surface area contributed by atoms with Crippen molar-refractivity contribution in [1.82, 2.24) is 24.6 Å². The van der Waals surface area contributed by atoms with Gasteiger partial charge in [0.1, 0.15) is 18.1 Å². The molecule has 1 aromatic carbocycles. The van der Waals surface area contributed by atoms with E-state index in [0.29, 0.717) is 30.6 Å². The molecule has 0 saturated carbocycles. The number of ether oxygens (including phenoxy) is 1. The zero-order valence-corrected chi connectivity index (χ0v) is 14.5. The standard InChI is InChI=1S/C18H18FN5O3/c19-14-1-3-15(4-2-14)26-11-16-21-18(22-27-16)13-5-7-24(9-13)17(25)10-23-8-6-20-12-23/h1-4,6,8,12-13H,5,7,9-11H2. The highest BCUT2D eigenvalue weighted by Crippen LogP contribution is 2.25. The van der Waals surface area contributed by atoms with E-state index in [-0.39, 0.29) is 30.8 Å². The molecule has 140 valence electrons. The highest BCUT2D eigenvalue weighted by atomic mass is 19.1. The highest BCUT2D eigenvalue weighted by Gasteiger charge is 2.30. The first-order valence-corrected chi connectivity index (χ1v) is 8.62. The summed E-state index contributed by atoms with van der Waals surface area (Å²) in [6, 6.07) is 5.71. The predicted octanol–water partition coefficient (Wildman–Crippen LogP) is 2.00. The Balaban J connectivity index is 1.31. The van der Waals surface area contributed by atoms with Crippen LogP contribution in [0.4, 0.5) is 4.39 Å². The van der Waals surface area contributed by atoms with Gasteiger partial charge in [0, 0.05) is 31.4 Å². The number of benzene rings is 1. The lowest BCUT2D eigenvalue weighted by Gasteiger charge is -2.15. The van der Waals surface area contributed by atoms with Crippen molar-refractivity contribution >= 4 is 5.91 Å². The van der Waals surface area contributed by atoms with E-state index < -0.39 is 0 Å². The van der Waals surface area contributed by atoms with Crippen LogP contribution in [-0.2, 0) is 17.9 Å². The van der Waals surface area contributed by atoms with Gasteiger partial charge in [0.2, 0.25) is 5.91 Å². The third-order valence-corrected chi connectivity index (χ3v) is 4.44. The average molecular weight is 371 g/mol. The summed E-state index contributed by atoms with van der Waals surface area (Å²) in [4.78, 5) is 22.5. The number of rotatable bonds is 6. The number of amides is 1. The van der Waals surface area contributed by atoms with Gasteiger partial charge in [-0.15, -0.1) is 0 Å². The van der Waals surface area contributed by atoms with Gasteiger partial charge in [-0.05, 0) is 30.7 Å². The quantitative estimate of drug-likeness (QED) is 0.659. The molecule has 1 unspecified atom stereocenters. The number of hydrogen-bond donors (Lipinski definition) is 0. The Morgan fingerprint density at radius 2 is 2.19 bits per heavy atom. The Labute approximate surface area is 154 Å². The van der Waals surface area contributed by atoms with Crippen LogP contribution in [0.2, 0.25) is 0 Å². The lowest BCUT2D eigenvalue weighted by Crippen LogP contribution is -2.31. The fraction of sp³-hybridized carbons (Fsp3) is 0.333. The molecule has 3 heterocycles. The second-order valence-corrected chi connectivity index (χ2v) is 6.35. The first kappa shape index (κ1) is 17.2. The SMILES string of the molecule is O=C(Cn1ccnc1)N1CCC(c2noc(COc3ccc(F)cc3)n2)C1. The highest BCUT2D eigenvalue weighted by molar-refractivity contribution is 5.76. The largest absolute Gasteiger partial charge is 0.484 e. The molecule has 0 spiro atoms. The van der Waals surface area contributed by atoms with Crippen LogP contribution in [0.3, 0.4) is 0 Å². The molecule has 1 aliphatic rings. The molecule has 1 fully saturated rings. The summed E-state index contributed by atoms with van der Waals surface area (Å²) < 4.78 is 25.4. The third kappa shape index (κ3) is 4.13. The van der Waals surface area contributed by atoms with Crippen molar-refractivity contribution in [3.8, 4) is 5.75 Å². The van der Waals surface area contributed by atoms with Crippen LogP contribution in [0.1, 0.15) is 24.1 Å². The van der Waals surface area contributed by atoms with E-state index in [1.54, 1.807) is 28.2 Å². The van der Waals surface area contributed by atoms with Crippen molar-refractivity contribution in [1.29, 1.82) is 0 Å². The zero-order chi connectivity index (χ0) is 18.6. The first-order chi connectivity index (χ1) is 13.2. The van der Waals surface area contributed by atoms with E-state index in [9.17, 15) is 9.18 Å². The molecule has 1 atom stereocenters. The Kier molecular flexibility index (Phi) is 4.82. The van der Waals surface area contributed by atoms with Crippen molar-refractivity contribution in [2.24, 2.45) is 0 Å². The summed E-state index contributed by atoms with van der Waals surface area (Å²) in [5, 5.41) is 4.01. The molecule has 2 aromatic heterocycles. The van der Waals surface area contributed by atoms with Gasteiger partial charge in [-0.1, -0.05) is 5.16 Å². The molecular weight excluding hydrogens is 353 g/mol. The minimum atomic E-state index is -0.323. The fourth-order valence-corrected chi connectivity index (χ4v) is 3.00. The second kappa shape index (κ2) is 7.56. The van der Waals surface area contributed by atoms with Crippen molar-refractivity contribution in [3.63, 3.8) is 0 Å². The number of halogens is 1. The second-order valence-electron chi connectivity index (χ2n) is 6.35. The maximum absolute atomic E-state index is 12.9. The molecule has 1 amide bonds. The van der Waals surface area contributed by atoms with Gasteiger partial charge in [0.15, 0.2) is 12.4 Å². The zero-order valence-electron chi connectivity index (χ0n) is 14.5. The average Bonchev–Trinajstić information content (AvgIpc) is 3.42. The van der Waals surface area contributed by atoms with E-state index >= 15 is 0 Å². The molecule has 1 saturated heterocycles. The Morgan fingerprint density at radius 1 is 1.33 bits per heavy atom. The molecule has 0 N–H and O–H groups in total. The molecule has 4 rings (SSSR count). The molecule has 0 radical (unpaired) electrons. The van der Waals surface area contributed by atoms with Crippen LogP contribution in [0, 0.1) is 5.82 Å². The van der Waals surface area contributed by atoms with E-state index in [1.165, 1.54) is 24.3 Å². The normalized spacial score (nSPS) is 16.6. The molecule has 1 aliphatic heterocycles. The summed E-state index contributed by atoms with van der Waals surface area (Å²) in [7, 11) is 0. The van der Waals surface area contributed by atoms with Crippen LogP contribution < -0.4 is 4.74 Å². The predicted molar refractivity (Wildman–Crippen MR) is 91.2 cm³/mol. The van der Waals surface area contributed by atoms with E-state index in [2.05, 4.69) is 15.1 Å².